The van der Waals surface area contributed by atoms with Crippen LogP contribution in [-0.2, 0) is 17.5 Å². The van der Waals surface area contributed by atoms with Crippen LogP contribution in [0.2, 0.25) is 0 Å². The lowest BCUT2D eigenvalue weighted by molar-refractivity contribution is -0.141. The van der Waals surface area contributed by atoms with Gasteiger partial charge in [-0.25, -0.2) is 4.98 Å². The first kappa shape index (κ1) is 22.9. The lowest BCUT2D eigenvalue weighted by atomic mass is 9.97. The number of hydrogen-bond acceptors (Lipinski definition) is 4. The van der Waals surface area contributed by atoms with Crippen molar-refractivity contribution in [3.8, 4) is 0 Å². The number of aryl methyl sites for hydroxylation is 1. The minimum atomic E-state index is -4.51. The van der Waals surface area contributed by atoms with Gasteiger partial charge in [0.15, 0.2) is 0 Å². The van der Waals surface area contributed by atoms with Gasteiger partial charge in [0.25, 0.3) is 0 Å². The molecule has 1 atom stereocenters. The Labute approximate surface area is 180 Å². The second-order valence-electron chi connectivity index (χ2n) is 8.40. The Bertz CT molecular complexity index is 937. The van der Waals surface area contributed by atoms with Crippen LogP contribution in [0.3, 0.4) is 0 Å². The molecule has 2 heterocycles. The molecule has 0 aliphatic carbocycles. The fourth-order valence-corrected chi connectivity index (χ4v) is 3.72. The van der Waals surface area contributed by atoms with Crippen molar-refractivity contribution in [1.29, 1.82) is 0 Å². The molecule has 5 nitrogen and oxygen atoms in total. The predicted octanol–water partition coefficient (Wildman–Crippen LogP) is 4.65. The summed E-state index contributed by atoms with van der Waals surface area (Å²) in [5.74, 6) is 0.218. The molecule has 8 heteroatoms. The number of amides is 1. The largest absolute Gasteiger partial charge is 0.433 e. The molecule has 0 saturated carbocycles. The third-order valence-corrected chi connectivity index (χ3v) is 5.97. The number of piperidine rings is 1. The Morgan fingerprint density at radius 1 is 1.26 bits per heavy atom. The first-order chi connectivity index (χ1) is 14.6. The second-order valence-corrected chi connectivity index (χ2v) is 8.40. The Balaban J connectivity index is 1.78. The van der Waals surface area contributed by atoms with Gasteiger partial charge in [-0.2, -0.15) is 13.2 Å². The monoisotopic (exact) mass is 434 g/mol. The third kappa shape index (κ3) is 5.48. The molecule has 3 rings (SSSR count). The van der Waals surface area contributed by atoms with E-state index in [2.05, 4.69) is 17.2 Å². The van der Waals surface area contributed by atoms with Crippen molar-refractivity contribution in [2.24, 2.45) is 5.92 Å². The molecule has 1 aliphatic rings. The molecule has 0 spiro atoms. The fourth-order valence-electron chi connectivity index (χ4n) is 3.72. The highest BCUT2D eigenvalue weighted by atomic mass is 19.4. The summed E-state index contributed by atoms with van der Waals surface area (Å²) in [6, 6.07) is 7.85. The molecule has 1 fully saturated rings. The maximum Gasteiger partial charge on any atom is 0.433 e. The molecule has 1 aliphatic heterocycles. The van der Waals surface area contributed by atoms with Crippen LogP contribution in [0, 0.1) is 12.8 Å². The molecule has 1 saturated heterocycles. The summed E-state index contributed by atoms with van der Waals surface area (Å²) in [6.45, 7) is 7.22. The van der Waals surface area contributed by atoms with Gasteiger partial charge < -0.3 is 16.0 Å². The molecular weight excluding hydrogens is 405 g/mol. The molecular formula is C23H29F3N4O. The number of aromatic nitrogens is 1. The summed E-state index contributed by atoms with van der Waals surface area (Å²) in [5, 5.41) is 2.86. The highest BCUT2D eigenvalue weighted by Gasteiger charge is 2.34. The van der Waals surface area contributed by atoms with E-state index in [-0.39, 0.29) is 12.5 Å². The topological polar surface area (TPSA) is 71.2 Å². The molecule has 0 bridgehead atoms. The van der Waals surface area contributed by atoms with Gasteiger partial charge >= 0.3 is 6.18 Å². The number of carbonyl (C=O) groups excluding carboxylic acids is 1. The molecule has 168 valence electrons. The van der Waals surface area contributed by atoms with E-state index < -0.39 is 17.8 Å². The SMILES string of the molecule is Cc1cc(C(C)C(=O)NCc2ccc(C(F)(F)F)nc2N2CCC(C)CC2)ccc1N. The maximum absolute atomic E-state index is 13.2. The zero-order valence-electron chi connectivity index (χ0n) is 18.1. The fraction of sp³-hybridized carbons (Fsp3) is 0.478. The van der Waals surface area contributed by atoms with Crippen LogP contribution in [-0.4, -0.2) is 24.0 Å². The van der Waals surface area contributed by atoms with E-state index in [1.54, 1.807) is 13.0 Å². The molecule has 3 N–H and O–H groups in total. The van der Waals surface area contributed by atoms with E-state index in [0.29, 0.717) is 36.1 Å². The van der Waals surface area contributed by atoms with E-state index >= 15 is 0 Å². The van der Waals surface area contributed by atoms with E-state index in [1.165, 1.54) is 6.07 Å². The number of nitrogens with zero attached hydrogens (tertiary/aromatic N) is 2. The van der Waals surface area contributed by atoms with Crippen LogP contribution >= 0.6 is 0 Å². The number of nitrogens with one attached hydrogen (secondary N) is 1. The van der Waals surface area contributed by atoms with Crippen LogP contribution in [0.1, 0.15) is 55.0 Å². The minimum absolute atomic E-state index is 0.115. The normalized spacial score (nSPS) is 16.3. The summed E-state index contributed by atoms with van der Waals surface area (Å²) in [4.78, 5) is 18.5. The van der Waals surface area contributed by atoms with Gasteiger partial charge in [-0.3, -0.25) is 4.79 Å². The number of pyridine rings is 1. The van der Waals surface area contributed by atoms with Crippen LogP contribution in [0.5, 0.6) is 0 Å². The van der Waals surface area contributed by atoms with Gasteiger partial charge in [-0.15, -0.1) is 0 Å². The Hall–Kier alpha value is -2.77. The van der Waals surface area contributed by atoms with Crippen molar-refractivity contribution in [2.45, 2.75) is 52.3 Å². The van der Waals surface area contributed by atoms with E-state index in [4.69, 9.17) is 5.73 Å². The number of halogens is 3. The molecule has 1 unspecified atom stereocenters. The summed E-state index contributed by atoms with van der Waals surface area (Å²) >= 11 is 0. The van der Waals surface area contributed by atoms with Gasteiger partial charge in [-0.05, 0) is 55.9 Å². The van der Waals surface area contributed by atoms with Crippen molar-refractivity contribution < 1.29 is 18.0 Å². The van der Waals surface area contributed by atoms with Gasteiger partial charge in [0, 0.05) is 30.9 Å². The Morgan fingerprint density at radius 3 is 2.55 bits per heavy atom. The number of rotatable bonds is 5. The molecule has 2 aromatic rings. The first-order valence-electron chi connectivity index (χ1n) is 10.5. The van der Waals surface area contributed by atoms with Gasteiger partial charge in [0.1, 0.15) is 11.5 Å². The van der Waals surface area contributed by atoms with Gasteiger partial charge in [-0.1, -0.05) is 25.1 Å². The van der Waals surface area contributed by atoms with Crippen LogP contribution in [0.15, 0.2) is 30.3 Å². The van der Waals surface area contributed by atoms with Crippen molar-refractivity contribution in [2.75, 3.05) is 23.7 Å². The smallest absolute Gasteiger partial charge is 0.399 e. The lowest BCUT2D eigenvalue weighted by Gasteiger charge is -2.33. The summed E-state index contributed by atoms with van der Waals surface area (Å²) in [7, 11) is 0. The number of nitrogen functional groups attached to an aromatic ring is 1. The third-order valence-electron chi connectivity index (χ3n) is 5.97. The summed E-state index contributed by atoms with van der Waals surface area (Å²) < 4.78 is 39.7. The second kappa shape index (κ2) is 9.16. The minimum Gasteiger partial charge on any atom is -0.399 e. The van der Waals surface area contributed by atoms with E-state index in [1.807, 2.05) is 24.0 Å². The number of hydrogen-bond donors (Lipinski definition) is 2. The average Bonchev–Trinajstić information content (AvgIpc) is 2.73. The zero-order chi connectivity index (χ0) is 22.8. The Kier molecular flexibility index (Phi) is 6.77. The molecule has 1 aromatic carbocycles. The van der Waals surface area contributed by atoms with Crippen molar-refractivity contribution in [3.63, 3.8) is 0 Å². The number of nitrogens with two attached hydrogens (primary N) is 1. The van der Waals surface area contributed by atoms with Crippen molar-refractivity contribution in [1.82, 2.24) is 10.3 Å². The number of anilines is 2. The van der Waals surface area contributed by atoms with Gasteiger partial charge in [0.2, 0.25) is 5.91 Å². The first-order valence-corrected chi connectivity index (χ1v) is 10.5. The van der Waals surface area contributed by atoms with Crippen molar-refractivity contribution in [3.05, 3.63) is 52.7 Å². The lowest BCUT2D eigenvalue weighted by Crippen LogP contribution is -2.35. The zero-order valence-corrected chi connectivity index (χ0v) is 18.1. The maximum atomic E-state index is 13.2. The molecule has 31 heavy (non-hydrogen) atoms. The van der Waals surface area contributed by atoms with Crippen molar-refractivity contribution >= 4 is 17.4 Å². The highest BCUT2D eigenvalue weighted by molar-refractivity contribution is 5.83. The van der Waals surface area contributed by atoms with E-state index in [9.17, 15) is 18.0 Å². The van der Waals surface area contributed by atoms with Crippen LogP contribution in [0.25, 0.3) is 0 Å². The quantitative estimate of drug-likeness (QED) is 0.672. The highest BCUT2D eigenvalue weighted by Crippen LogP contribution is 2.32. The van der Waals surface area contributed by atoms with Gasteiger partial charge in [0.05, 0.1) is 5.92 Å². The average molecular weight is 435 g/mol. The number of benzene rings is 1. The molecule has 1 aromatic heterocycles. The van der Waals surface area contributed by atoms with E-state index in [0.717, 1.165) is 30.0 Å². The number of alkyl halides is 3. The molecule has 1 amide bonds. The summed E-state index contributed by atoms with van der Waals surface area (Å²) in [6.07, 6.45) is -2.71. The Morgan fingerprint density at radius 2 is 1.94 bits per heavy atom. The summed E-state index contributed by atoms with van der Waals surface area (Å²) in [5.41, 5.74) is 7.90. The van der Waals surface area contributed by atoms with Crippen LogP contribution in [0.4, 0.5) is 24.7 Å². The van der Waals surface area contributed by atoms with Crippen LogP contribution < -0.4 is 16.0 Å². The number of carbonyl (C=O) groups is 1. The predicted molar refractivity (Wildman–Crippen MR) is 116 cm³/mol. The molecule has 0 radical (unpaired) electrons. The standard InChI is InChI=1S/C23H29F3N4O/c1-14-8-10-30(11-9-14)21-18(5-7-20(29-21)23(24,25)26)13-28-22(31)16(3)17-4-6-19(27)15(2)12-17/h4-7,12,14,16H,8-11,13,27H2,1-3H3,(H,28,31).